The van der Waals surface area contributed by atoms with Crippen molar-refractivity contribution in [2.45, 2.75) is 83.1 Å². The van der Waals surface area contributed by atoms with Gasteiger partial charge in [0.2, 0.25) is 5.91 Å². The zero-order valence-corrected chi connectivity index (χ0v) is 16.5. The Balaban J connectivity index is 1.34. The van der Waals surface area contributed by atoms with Gasteiger partial charge in [-0.3, -0.25) is 4.79 Å². The van der Waals surface area contributed by atoms with Crippen molar-refractivity contribution in [2.75, 3.05) is 13.2 Å². The summed E-state index contributed by atoms with van der Waals surface area (Å²) < 4.78 is 13.9. The van der Waals surface area contributed by atoms with Crippen LogP contribution in [0.2, 0.25) is 0 Å². The van der Waals surface area contributed by atoms with Gasteiger partial charge in [-0.05, 0) is 18.3 Å². The van der Waals surface area contributed by atoms with Crippen molar-refractivity contribution >= 4 is 5.91 Å². The monoisotopic (exact) mass is 376 g/mol. The standard InChI is InChI=1S/C20H32N4O3/c1-13(2)8-18(25)21-16-11-26-20-17(12-27-19(16)20)24-10-15(22-23-24)9-14-6-4-3-5-7-14/h10,13-14,16-17,19-20H,3-9,11-12H2,1-2H3,(H,21,25)/t16-,17-,19+,20+/m0/s1. The minimum absolute atomic E-state index is 0.0367. The molecule has 1 saturated carbocycles. The highest BCUT2D eigenvalue weighted by Crippen LogP contribution is 2.34. The van der Waals surface area contributed by atoms with Crippen LogP contribution in [-0.4, -0.2) is 52.4 Å². The number of hydrogen-bond acceptors (Lipinski definition) is 5. The maximum absolute atomic E-state index is 12.1. The van der Waals surface area contributed by atoms with Crippen LogP contribution >= 0.6 is 0 Å². The smallest absolute Gasteiger partial charge is 0.220 e. The summed E-state index contributed by atoms with van der Waals surface area (Å²) in [5.74, 6) is 1.17. The molecule has 3 fully saturated rings. The van der Waals surface area contributed by atoms with Crippen LogP contribution in [0.25, 0.3) is 0 Å². The van der Waals surface area contributed by atoms with Crippen LogP contribution in [0.5, 0.6) is 0 Å². The first kappa shape index (κ1) is 18.9. The zero-order valence-electron chi connectivity index (χ0n) is 16.5. The Morgan fingerprint density at radius 2 is 2.00 bits per heavy atom. The third-order valence-electron chi connectivity index (χ3n) is 6.09. The summed E-state index contributed by atoms with van der Waals surface area (Å²) in [5.41, 5.74) is 1.07. The number of rotatable bonds is 6. The lowest BCUT2D eigenvalue weighted by Crippen LogP contribution is -2.44. The molecular weight excluding hydrogens is 344 g/mol. The average Bonchev–Trinajstić information content (AvgIpc) is 3.33. The van der Waals surface area contributed by atoms with Gasteiger partial charge in [0.15, 0.2) is 0 Å². The van der Waals surface area contributed by atoms with E-state index in [2.05, 4.69) is 21.8 Å². The van der Waals surface area contributed by atoms with Crippen molar-refractivity contribution in [1.29, 1.82) is 0 Å². The molecule has 0 aromatic carbocycles. The van der Waals surface area contributed by atoms with Gasteiger partial charge in [-0.15, -0.1) is 5.10 Å². The quantitative estimate of drug-likeness (QED) is 0.824. The Bertz CT molecular complexity index is 641. The Labute approximate surface area is 161 Å². The van der Waals surface area contributed by atoms with Crippen LogP contribution in [0.15, 0.2) is 6.20 Å². The summed E-state index contributed by atoms with van der Waals surface area (Å²) in [6, 6.07) is -0.0360. The van der Waals surface area contributed by atoms with Gasteiger partial charge in [0.05, 0.1) is 24.9 Å². The first-order valence-corrected chi connectivity index (χ1v) is 10.5. The van der Waals surface area contributed by atoms with Gasteiger partial charge in [-0.25, -0.2) is 4.68 Å². The third-order valence-corrected chi connectivity index (χ3v) is 6.09. The first-order chi connectivity index (χ1) is 13.1. The topological polar surface area (TPSA) is 78.3 Å². The minimum atomic E-state index is -0.0999. The van der Waals surface area contributed by atoms with Gasteiger partial charge < -0.3 is 14.8 Å². The lowest BCUT2D eigenvalue weighted by molar-refractivity contribution is -0.123. The molecule has 0 unspecified atom stereocenters. The maximum atomic E-state index is 12.1. The second-order valence-corrected chi connectivity index (χ2v) is 8.83. The lowest BCUT2D eigenvalue weighted by atomic mass is 9.86. The van der Waals surface area contributed by atoms with E-state index in [-0.39, 0.29) is 30.2 Å². The van der Waals surface area contributed by atoms with Gasteiger partial charge in [0, 0.05) is 12.6 Å². The molecule has 3 aliphatic rings. The second kappa shape index (κ2) is 8.27. The Kier molecular flexibility index (Phi) is 5.78. The molecule has 150 valence electrons. The SMILES string of the molecule is CC(C)CC(=O)N[C@H]1CO[C@H]2[C@@H]1OC[C@@H]2n1cc(CC2CCCCC2)nn1. The van der Waals surface area contributed by atoms with E-state index < -0.39 is 0 Å². The highest BCUT2D eigenvalue weighted by atomic mass is 16.6. The molecule has 0 bridgehead atoms. The molecule has 3 heterocycles. The van der Waals surface area contributed by atoms with Crippen molar-refractivity contribution in [3.05, 3.63) is 11.9 Å². The van der Waals surface area contributed by atoms with Gasteiger partial charge in [-0.1, -0.05) is 51.2 Å². The largest absolute Gasteiger partial charge is 0.371 e. The van der Waals surface area contributed by atoms with Crippen molar-refractivity contribution < 1.29 is 14.3 Å². The van der Waals surface area contributed by atoms with Gasteiger partial charge in [-0.2, -0.15) is 0 Å². The van der Waals surface area contributed by atoms with Crippen molar-refractivity contribution in [3.63, 3.8) is 0 Å². The van der Waals surface area contributed by atoms with E-state index in [1.807, 2.05) is 18.5 Å². The number of ether oxygens (including phenoxy) is 2. The molecule has 27 heavy (non-hydrogen) atoms. The van der Waals surface area contributed by atoms with Crippen molar-refractivity contribution in [1.82, 2.24) is 20.3 Å². The number of amides is 1. The van der Waals surface area contributed by atoms with E-state index in [0.29, 0.717) is 25.6 Å². The minimum Gasteiger partial charge on any atom is -0.371 e. The Morgan fingerprint density at radius 3 is 2.78 bits per heavy atom. The highest BCUT2D eigenvalue weighted by Gasteiger charge is 2.49. The van der Waals surface area contributed by atoms with Crippen LogP contribution in [0.1, 0.15) is 64.1 Å². The van der Waals surface area contributed by atoms with E-state index in [1.165, 1.54) is 32.1 Å². The van der Waals surface area contributed by atoms with Crippen LogP contribution in [-0.2, 0) is 20.7 Å². The van der Waals surface area contributed by atoms with E-state index in [1.54, 1.807) is 0 Å². The maximum Gasteiger partial charge on any atom is 0.220 e. The number of nitrogens with zero attached hydrogens (tertiary/aromatic N) is 3. The number of aromatic nitrogens is 3. The fourth-order valence-electron chi connectivity index (χ4n) is 4.72. The van der Waals surface area contributed by atoms with Crippen LogP contribution in [0, 0.1) is 11.8 Å². The molecule has 4 atom stereocenters. The number of hydrogen-bond donors (Lipinski definition) is 1. The summed E-state index contributed by atoms with van der Waals surface area (Å²) in [4.78, 5) is 12.1. The average molecular weight is 377 g/mol. The zero-order chi connectivity index (χ0) is 18.8. The van der Waals surface area contributed by atoms with Crippen LogP contribution in [0.4, 0.5) is 0 Å². The van der Waals surface area contributed by atoms with Gasteiger partial charge >= 0.3 is 0 Å². The molecule has 1 N–H and O–H groups in total. The fourth-order valence-corrected chi connectivity index (χ4v) is 4.72. The third kappa shape index (κ3) is 4.35. The highest BCUT2D eigenvalue weighted by molar-refractivity contribution is 5.76. The van der Waals surface area contributed by atoms with Crippen molar-refractivity contribution in [2.24, 2.45) is 11.8 Å². The molecule has 1 aromatic rings. The molecule has 1 aromatic heterocycles. The number of carbonyl (C=O) groups is 1. The van der Waals surface area contributed by atoms with Gasteiger partial charge in [0.25, 0.3) is 0 Å². The van der Waals surface area contributed by atoms with E-state index >= 15 is 0 Å². The van der Waals surface area contributed by atoms with E-state index in [0.717, 1.165) is 18.0 Å². The molecule has 0 radical (unpaired) electrons. The van der Waals surface area contributed by atoms with E-state index in [4.69, 9.17) is 9.47 Å². The molecule has 7 nitrogen and oxygen atoms in total. The second-order valence-electron chi connectivity index (χ2n) is 8.83. The number of fused-ring (bicyclic) bond motifs is 1. The van der Waals surface area contributed by atoms with Crippen LogP contribution in [0.3, 0.4) is 0 Å². The summed E-state index contributed by atoms with van der Waals surface area (Å²) in [6.45, 7) is 5.15. The number of carbonyl (C=O) groups excluding carboxylic acids is 1. The summed E-state index contributed by atoms with van der Waals surface area (Å²) in [7, 11) is 0. The molecule has 2 saturated heterocycles. The molecular formula is C20H32N4O3. The predicted molar refractivity (Wildman–Crippen MR) is 100 cm³/mol. The van der Waals surface area contributed by atoms with Crippen molar-refractivity contribution in [3.8, 4) is 0 Å². The van der Waals surface area contributed by atoms with E-state index in [9.17, 15) is 4.79 Å². The molecule has 0 spiro atoms. The van der Waals surface area contributed by atoms with Gasteiger partial charge in [0.1, 0.15) is 18.2 Å². The first-order valence-electron chi connectivity index (χ1n) is 10.5. The lowest BCUT2D eigenvalue weighted by Gasteiger charge is -2.20. The summed E-state index contributed by atoms with van der Waals surface area (Å²) in [6.07, 6.45) is 10.1. The molecule has 4 rings (SSSR count). The Morgan fingerprint density at radius 1 is 1.22 bits per heavy atom. The normalized spacial score (nSPS) is 31.4. The fraction of sp³-hybridized carbons (Fsp3) is 0.850. The molecule has 2 aliphatic heterocycles. The molecule has 1 amide bonds. The molecule has 1 aliphatic carbocycles. The summed E-state index contributed by atoms with van der Waals surface area (Å²) in [5, 5.41) is 11.8. The molecule has 7 heteroatoms. The predicted octanol–water partition coefficient (Wildman–Crippen LogP) is 2.27. The van der Waals surface area contributed by atoms with Crippen LogP contribution < -0.4 is 5.32 Å². The summed E-state index contributed by atoms with van der Waals surface area (Å²) >= 11 is 0. The number of nitrogens with one attached hydrogen (secondary N) is 1. The Hall–Kier alpha value is -1.47.